The molecule has 2 heteroatoms. The highest BCUT2D eigenvalue weighted by atomic mass is 32.2. The maximum Gasteiger partial charge on any atom is 0.0763 e. The lowest BCUT2D eigenvalue weighted by molar-refractivity contribution is 0.0498. The number of hydrogen-bond donors (Lipinski definition) is 1. The maximum absolute atomic E-state index is 9.94. The molecule has 1 unspecified atom stereocenters. The van der Waals surface area contributed by atoms with Gasteiger partial charge >= 0.3 is 0 Å². The lowest BCUT2D eigenvalue weighted by Gasteiger charge is -2.27. The van der Waals surface area contributed by atoms with Crippen LogP contribution in [-0.2, 0) is 0 Å². The van der Waals surface area contributed by atoms with Crippen molar-refractivity contribution in [3.05, 3.63) is 0 Å². The Morgan fingerprint density at radius 3 is 2.30 bits per heavy atom. The van der Waals surface area contributed by atoms with Gasteiger partial charge in [-0.15, -0.1) is 0 Å². The van der Waals surface area contributed by atoms with Crippen LogP contribution in [0.15, 0.2) is 0 Å². The van der Waals surface area contributed by atoms with Crippen molar-refractivity contribution >= 4 is 11.8 Å². The zero-order chi connectivity index (χ0) is 7.61. The molecule has 0 spiro atoms. The molecule has 1 fully saturated rings. The van der Waals surface area contributed by atoms with E-state index in [-0.39, 0.29) is 5.60 Å². The predicted octanol–water partition coefficient (Wildman–Crippen LogP) is 2.04. The fourth-order valence-corrected chi connectivity index (χ4v) is 2.29. The van der Waals surface area contributed by atoms with Gasteiger partial charge in [0.1, 0.15) is 0 Å². The van der Waals surface area contributed by atoms with Gasteiger partial charge in [0.15, 0.2) is 0 Å². The van der Waals surface area contributed by atoms with Crippen LogP contribution in [0.1, 0.15) is 32.6 Å². The molecular formula is C8H16OS. The molecule has 1 aliphatic rings. The van der Waals surface area contributed by atoms with E-state index in [0.29, 0.717) is 5.25 Å². The summed E-state index contributed by atoms with van der Waals surface area (Å²) in [6.45, 7) is 2.12. The van der Waals surface area contributed by atoms with Crippen molar-refractivity contribution in [3.8, 4) is 0 Å². The fourth-order valence-electron chi connectivity index (χ4n) is 1.61. The minimum Gasteiger partial charge on any atom is -0.389 e. The lowest BCUT2D eigenvalue weighted by atomic mass is 9.99. The molecule has 0 aromatic rings. The van der Waals surface area contributed by atoms with Crippen molar-refractivity contribution in [2.45, 2.75) is 43.5 Å². The van der Waals surface area contributed by atoms with E-state index in [1.54, 1.807) is 11.8 Å². The van der Waals surface area contributed by atoms with Crippen LogP contribution in [0.4, 0.5) is 0 Å². The summed E-state index contributed by atoms with van der Waals surface area (Å²) in [5.41, 5.74) is -0.334. The average molecular weight is 160 g/mol. The van der Waals surface area contributed by atoms with Gasteiger partial charge in [-0.25, -0.2) is 0 Å². The summed E-state index contributed by atoms with van der Waals surface area (Å²) in [7, 11) is 0. The summed E-state index contributed by atoms with van der Waals surface area (Å²) in [6, 6.07) is 0. The molecule has 1 nitrogen and oxygen atoms in total. The summed E-state index contributed by atoms with van der Waals surface area (Å²) < 4.78 is 0. The first-order chi connectivity index (χ1) is 4.69. The van der Waals surface area contributed by atoms with E-state index in [0.717, 1.165) is 12.8 Å². The molecule has 0 heterocycles. The number of rotatable bonds is 2. The second kappa shape index (κ2) is 3.14. The zero-order valence-electron chi connectivity index (χ0n) is 6.76. The minimum atomic E-state index is -0.334. The van der Waals surface area contributed by atoms with E-state index in [2.05, 4.69) is 13.2 Å². The van der Waals surface area contributed by atoms with E-state index in [4.69, 9.17) is 0 Å². The molecule has 1 saturated carbocycles. The second-order valence-electron chi connectivity index (χ2n) is 3.19. The monoisotopic (exact) mass is 160 g/mol. The first-order valence-electron chi connectivity index (χ1n) is 3.94. The largest absolute Gasteiger partial charge is 0.389 e. The van der Waals surface area contributed by atoms with Gasteiger partial charge in [-0.2, -0.15) is 11.8 Å². The molecule has 1 rings (SSSR count). The quantitative estimate of drug-likeness (QED) is 0.667. The Kier molecular flexibility index (Phi) is 2.64. The molecule has 0 aliphatic heterocycles. The van der Waals surface area contributed by atoms with E-state index >= 15 is 0 Å². The fraction of sp³-hybridized carbons (Fsp3) is 1.00. The second-order valence-corrected chi connectivity index (χ2v) is 4.37. The van der Waals surface area contributed by atoms with Gasteiger partial charge in [0, 0.05) is 5.25 Å². The Hall–Kier alpha value is 0.310. The van der Waals surface area contributed by atoms with E-state index < -0.39 is 0 Å². The highest BCUT2D eigenvalue weighted by Crippen LogP contribution is 2.36. The standard InChI is InChI=1S/C8H16OS/c1-7(10-2)8(9)5-3-4-6-8/h7,9H,3-6H2,1-2H3. The molecule has 0 radical (unpaired) electrons. The molecule has 0 aromatic heterocycles. The molecule has 0 bridgehead atoms. The Morgan fingerprint density at radius 2 is 1.90 bits per heavy atom. The number of hydrogen-bond acceptors (Lipinski definition) is 2. The summed E-state index contributed by atoms with van der Waals surface area (Å²) in [5, 5.41) is 10.4. The van der Waals surface area contributed by atoms with Gasteiger partial charge in [-0.05, 0) is 19.1 Å². The van der Waals surface area contributed by atoms with Gasteiger partial charge in [0.25, 0.3) is 0 Å². The summed E-state index contributed by atoms with van der Waals surface area (Å²) in [4.78, 5) is 0. The van der Waals surface area contributed by atoms with Crippen LogP contribution < -0.4 is 0 Å². The van der Waals surface area contributed by atoms with Crippen molar-refractivity contribution in [2.75, 3.05) is 6.26 Å². The molecule has 1 atom stereocenters. The first-order valence-corrected chi connectivity index (χ1v) is 5.23. The molecule has 0 saturated heterocycles. The maximum atomic E-state index is 9.94. The molecular weight excluding hydrogens is 144 g/mol. The topological polar surface area (TPSA) is 20.2 Å². The number of thioether (sulfide) groups is 1. The molecule has 1 N–H and O–H groups in total. The highest BCUT2D eigenvalue weighted by Gasteiger charge is 2.35. The lowest BCUT2D eigenvalue weighted by Crippen LogP contribution is -2.34. The van der Waals surface area contributed by atoms with Crippen molar-refractivity contribution in [1.29, 1.82) is 0 Å². The van der Waals surface area contributed by atoms with Gasteiger partial charge in [-0.1, -0.05) is 19.8 Å². The zero-order valence-corrected chi connectivity index (χ0v) is 7.58. The highest BCUT2D eigenvalue weighted by molar-refractivity contribution is 7.99. The molecule has 0 amide bonds. The van der Waals surface area contributed by atoms with Crippen molar-refractivity contribution in [2.24, 2.45) is 0 Å². The Bertz CT molecular complexity index is 108. The van der Waals surface area contributed by atoms with Crippen LogP contribution in [0.5, 0.6) is 0 Å². The van der Waals surface area contributed by atoms with Crippen molar-refractivity contribution in [3.63, 3.8) is 0 Å². The molecule has 0 aromatic carbocycles. The Morgan fingerprint density at radius 1 is 1.40 bits per heavy atom. The van der Waals surface area contributed by atoms with Gasteiger partial charge in [0.2, 0.25) is 0 Å². The van der Waals surface area contributed by atoms with Crippen LogP contribution in [0.25, 0.3) is 0 Å². The average Bonchev–Trinajstić information content (AvgIpc) is 2.36. The Labute approximate surface area is 67.2 Å². The smallest absolute Gasteiger partial charge is 0.0763 e. The molecule has 10 heavy (non-hydrogen) atoms. The van der Waals surface area contributed by atoms with E-state index in [9.17, 15) is 5.11 Å². The summed E-state index contributed by atoms with van der Waals surface area (Å²) in [6.07, 6.45) is 6.51. The summed E-state index contributed by atoms with van der Waals surface area (Å²) in [5.74, 6) is 0. The van der Waals surface area contributed by atoms with Crippen LogP contribution in [0.3, 0.4) is 0 Å². The van der Waals surface area contributed by atoms with Crippen LogP contribution in [0, 0.1) is 0 Å². The van der Waals surface area contributed by atoms with Gasteiger partial charge < -0.3 is 5.11 Å². The van der Waals surface area contributed by atoms with E-state index in [1.807, 2.05) is 0 Å². The molecule has 60 valence electrons. The predicted molar refractivity (Wildman–Crippen MR) is 46.4 cm³/mol. The third-order valence-corrected chi connectivity index (χ3v) is 3.73. The SMILES string of the molecule is CSC(C)C1(O)CCCC1. The van der Waals surface area contributed by atoms with E-state index in [1.165, 1.54) is 12.8 Å². The minimum absolute atomic E-state index is 0.334. The van der Waals surface area contributed by atoms with Gasteiger partial charge in [0.05, 0.1) is 5.60 Å². The summed E-state index contributed by atoms with van der Waals surface area (Å²) >= 11 is 1.77. The number of aliphatic hydroxyl groups is 1. The van der Waals surface area contributed by atoms with Crippen LogP contribution in [0.2, 0.25) is 0 Å². The van der Waals surface area contributed by atoms with Crippen LogP contribution >= 0.6 is 11.8 Å². The first kappa shape index (κ1) is 8.41. The normalized spacial score (nSPS) is 26.7. The van der Waals surface area contributed by atoms with Gasteiger partial charge in [-0.3, -0.25) is 0 Å². The van der Waals surface area contributed by atoms with Crippen molar-refractivity contribution in [1.82, 2.24) is 0 Å². The molecule has 1 aliphatic carbocycles. The van der Waals surface area contributed by atoms with Crippen LogP contribution in [-0.4, -0.2) is 22.2 Å². The van der Waals surface area contributed by atoms with Crippen molar-refractivity contribution < 1.29 is 5.11 Å². The Balaban J connectivity index is 2.49. The third kappa shape index (κ3) is 1.48. The third-order valence-electron chi connectivity index (χ3n) is 2.58.